The van der Waals surface area contributed by atoms with Crippen molar-refractivity contribution in [3.63, 3.8) is 0 Å². The van der Waals surface area contributed by atoms with Crippen molar-refractivity contribution in [3.05, 3.63) is 33.8 Å². The quantitative estimate of drug-likeness (QED) is 0.454. The molecule has 0 aliphatic heterocycles. The Morgan fingerprint density at radius 2 is 2.07 bits per heavy atom. The second kappa shape index (κ2) is 5.48. The van der Waals surface area contributed by atoms with Crippen LogP contribution >= 0.6 is 23.2 Å². The maximum absolute atomic E-state index is 8.17. The molecule has 1 rings (SSSR count). The zero-order valence-electron chi connectivity index (χ0n) is 7.08. The number of nitrogens with zero attached hydrogens (tertiary/aromatic N) is 2. The topological polar surface area (TPSA) is 45.4 Å². The number of benzene rings is 1. The lowest BCUT2D eigenvalue weighted by atomic mass is 10.2. The van der Waals surface area contributed by atoms with E-state index in [0.29, 0.717) is 15.6 Å². The average Bonchev–Trinajstić information content (AvgIpc) is 2.16. The Hall–Kier alpha value is -1.24. The molecule has 0 N–H and O–H groups in total. The number of halogens is 2. The molecular formula is C9H6Cl2N2O. The van der Waals surface area contributed by atoms with E-state index in [2.05, 4.69) is 9.99 Å². The maximum atomic E-state index is 8.17. The van der Waals surface area contributed by atoms with E-state index < -0.39 is 0 Å². The molecule has 0 heterocycles. The molecule has 14 heavy (non-hydrogen) atoms. The predicted molar refractivity (Wildman–Crippen MR) is 55.6 cm³/mol. The van der Waals surface area contributed by atoms with Gasteiger partial charge in [-0.05, 0) is 12.1 Å². The van der Waals surface area contributed by atoms with E-state index in [-0.39, 0.29) is 6.61 Å². The van der Waals surface area contributed by atoms with Crippen molar-refractivity contribution in [3.8, 4) is 6.07 Å². The van der Waals surface area contributed by atoms with Crippen LogP contribution in [0.4, 0.5) is 0 Å². The minimum Gasteiger partial charge on any atom is -0.380 e. The van der Waals surface area contributed by atoms with E-state index in [1.807, 2.05) is 0 Å². The van der Waals surface area contributed by atoms with Gasteiger partial charge in [0.2, 0.25) is 6.61 Å². The lowest BCUT2D eigenvalue weighted by Crippen LogP contribution is -1.87. The molecule has 0 bridgehead atoms. The van der Waals surface area contributed by atoms with E-state index >= 15 is 0 Å². The smallest absolute Gasteiger partial charge is 0.202 e. The number of hydrogen-bond acceptors (Lipinski definition) is 3. The second-order valence-corrected chi connectivity index (χ2v) is 3.12. The van der Waals surface area contributed by atoms with Gasteiger partial charge in [0.05, 0.1) is 16.3 Å². The van der Waals surface area contributed by atoms with E-state index in [4.69, 9.17) is 28.5 Å². The van der Waals surface area contributed by atoms with Crippen LogP contribution in [-0.2, 0) is 4.84 Å². The number of nitriles is 1. The summed E-state index contributed by atoms with van der Waals surface area (Å²) < 4.78 is 0. The summed E-state index contributed by atoms with van der Waals surface area (Å²) in [5.74, 6) is 0. The van der Waals surface area contributed by atoms with Crippen molar-refractivity contribution >= 4 is 29.4 Å². The Morgan fingerprint density at radius 1 is 1.43 bits per heavy atom. The molecule has 0 aromatic heterocycles. The fourth-order valence-electron chi connectivity index (χ4n) is 0.790. The third kappa shape index (κ3) is 2.91. The van der Waals surface area contributed by atoms with Crippen LogP contribution in [0.25, 0.3) is 0 Å². The summed E-state index contributed by atoms with van der Waals surface area (Å²) in [4.78, 5) is 4.59. The lowest BCUT2D eigenvalue weighted by Gasteiger charge is -1.99. The van der Waals surface area contributed by atoms with Gasteiger partial charge >= 0.3 is 0 Å². The Kier molecular flexibility index (Phi) is 4.24. The summed E-state index contributed by atoms with van der Waals surface area (Å²) in [6.07, 6.45) is 1.38. The van der Waals surface area contributed by atoms with Crippen LogP contribution in [0.2, 0.25) is 10.0 Å². The van der Waals surface area contributed by atoms with Gasteiger partial charge in [0.15, 0.2) is 0 Å². The van der Waals surface area contributed by atoms with Crippen LogP contribution in [0.5, 0.6) is 0 Å². The Bertz CT molecular complexity index is 365. The Balaban J connectivity index is 2.76. The number of rotatable bonds is 3. The van der Waals surface area contributed by atoms with Crippen LogP contribution in [0.15, 0.2) is 23.4 Å². The van der Waals surface area contributed by atoms with Gasteiger partial charge in [-0.3, -0.25) is 0 Å². The van der Waals surface area contributed by atoms with E-state index in [9.17, 15) is 0 Å². The minimum absolute atomic E-state index is 0.0986. The lowest BCUT2D eigenvalue weighted by molar-refractivity contribution is 0.180. The summed E-state index contributed by atoms with van der Waals surface area (Å²) >= 11 is 11.7. The highest BCUT2D eigenvalue weighted by atomic mass is 35.5. The molecule has 0 fully saturated rings. The molecule has 1 aromatic carbocycles. The van der Waals surface area contributed by atoms with Crippen molar-refractivity contribution in [1.82, 2.24) is 0 Å². The van der Waals surface area contributed by atoms with E-state index in [0.717, 1.165) is 0 Å². The normalized spacial score (nSPS) is 10.1. The molecule has 0 amide bonds. The highest BCUT2D eigenvalue weighted by Crippen LogP contribution is 2.22. The summed E-state index contributed by atoms with van der Waals surface area (Å²) in [5.41, 5.74) is 0.578. The highest BCUT2D eigenvalue weighted by Gasteiger charge is 2.01. The van der Waals surface area contributed by atoms with Crippen molar-refractivity contribution in [2.75, 3.05) is 6.61 Å². The molecule has 0 aliphatic rings. The Morgan fingerprint density at radius 3 is 2.64 bits per heavy atom. The molecule has 0 radical (unpaired) electrons. The first-order chi connectivity index (χ1) is 6.75. The van der Waals surface area contributed by atoms with E-state index in [1.165, 1.54) is 6.21 Å². The van der Waals surface area contributed by atoms with Crippen LogP contribution in [-0.4, -0.2) is 12.8 Å². The van der Waals surface area contributed by atoms with Crippen molar-refractivity contribution in [2.45, 2.75) is 0 Å². The van der Waals surface area contributed by atoms with Crippen molar-refractivity contribution in [2.24, 2.45) is 5.16 Å². The maximum Gasteiger partial charge on any atom is 0.202 e. The molecule has 1 aromatic rings. The van der Waals surface area contributed by atoms with Crippen molar-refractivity contribution < 1.29 is 4.84 Å². The first-order valence-electron chi connectivity index (χ1n) is 3.72. The average molecular weight is 229 g/mol. The summed E-state index contributed by atoms with van der Waals surface area (Å²) in [7, 11) is 0. The van der Waals surface area contributed by atoms with Gasteiger partial charge in [-0.2, -0.15) is 5.26 Å². The fourth-order valence-corrected chi connectivity index (χ4v) is 1.29. The molecule has 0 atom stereocenters. The fraction of sp³-hybridized carbons (Fsp3) is 0.111. The van der Waals surface area contributed by atoms with Crippen LogP contribution in [0, 0.1) is 11.3 Å². The van der Waals surface area contributed by atoms with Gasteiger partial charge in [0, 0.05) is 5.56 Å². The van der Waals surface area contributed by atoms with Gasteiger partial charge in [0.25, 0.3) is 0 Å². The van der Waals surface area contributed by atoms with Gasteiger partial charge < -0.3 is 4.84 Å². The van der Waals surface area contributed by atoms with Crippen LogP contribution in [0.3, 0.4) is 0 Å². The summed E-state index contributed by atoms with van der Waals surface area (Å²) in [6, 6.07) is 6.90. The van der Waals surface area contributed by atoms with Crippen molar-refractivity contribution in [1.29, 1.82) is 5.26 Å². The molecule has 0 spiro atoms. The van der Waals surface area contributed by atoms with E-state index in [1.54, 1.807) is 24.3 Å². The largest absolute Gasteiger partial charge is 0.380 e. The molecule has 72 valence electrons. The molecular weight excluding hydrogens is 223 g/mol. The summed E-state index contributed by atoms with van der Waals surface area (Å²) in [5, 5.41) is 12.7. The first kappa shape index (κ1) is 10.8. The van der Waals surface area contributed by atoms with Gasteiger partial charge in [-0.15, -0.1) is 0 Å². The molecule has 0 saturated carbocycles. The number of hydrogen-bond donors (Lipinski definition) is 0. The first-order valence-corrected chi connectivity index (χ1v) is 4.47. The monoisotopic (exact) mass is 228 g/mol. The Labute approximate surface area is 91.5 Å². The second-order valence-electron chi connectivity index (χ2n) is 2.30. The predicted octanol–water partition coefficient (Wildman–Crippen LogP) is 2.87. The van der Waals surface area contributed by atoms with Gasteiger partial charge in [-0.1, -0.05) is 34.4 Å². The highest BCUT2D eigenvalue weighted by molar-refractivity contribution is 6.38. The van der Waals surface area contributed by atoms with Crippen LogP contribution in [0.1, 0.15) is 5.56 Å². The molecule has 0 saturated heterocycles. The summed E-state index contributed by atoms with van der Waals surface area (Å²) in [6.45, 7) is -0.0986. The molecule has 5 heteroatoms. The molecule has 0 unspecified atom stereocenters. The third-order valence-corrected chi connectivity index (χ3v) is 2.04. The standard InChI is InChI=1S/C9H6Cl2N2O/c10-8-2-1-3-9(11)7(8)6-13-14-5-4-12/h1-3,6H,5H2/b13-6+. The third-order valence-electron chi connectivity index (χ3n) is 1.39. The van der Waals surface area contributed by atoms with Gasteiger partial charge in [-0.25, -0.2) is 0 Å². The number of oxime groups is 1. The minimum atomic E-state index is -0.0986. The molecule has 0 aliphatic carbocycles. The zero-order chi connectivity index (χ0) is 10.4. The zero-order valence-corrected chi connectivity index (χ0v) is 8.59. The van der Waals surface area contributed by atoms with Gasteiger partial charge in [0.1, 0.15) is 6.07 Å². The molecule has 3 nitrogen and oxygen atoms in total. The SMILES string of the molecule is N#CCO/N=C/c1c(Cl)cccc1Cl. The van der Waals surface area contributed by atoms with Crippen LogP contribution < -0.4 is 0 Å².